The van der Waals surface area contributed by atoms with Gasteiger partial charge < -0.3 is 9.84 Å². The minimum atomic E-state index is -0.199. The van der Waals surface area contributed by atoms with Crippen LogP contribution in [0.25, 0.3) is 17.0 Å². The second-order valence-corrected chi connectivity index (χ2v) is 10.1. The molecule has 0 fully saturated rings. The molecule has 2 heterocycles. The number of rotatable bonds is 4. The second kappa shape index (κ2) is 9.03. The van der Waals surface area contributed by atoms with Crippen LogP contribution in [0.2, 0.25) is 0 Å². The van der Waals surface area contributed by atoms with Crippen molar-refractivity contribution in [3.05, 3.63) is 106 Å². The Bertz CT molecular complexity index is 1480. The van der Waals surface area contributed by atoms with E-state index < -0.39 is 0 Å². The molecule has 0 bridgehead atoms. The molecule has 1 aromatic heterocycles. The van der Waals surface area contributed by atoms with E-state index in [0.717, 1.165) is 40.9 Å². The molecule has 3 aromatic carbocycles. The van der Waals surface area contributed by atoms with Gasteiger partial charge in [0.15, 0.2) is 5.11 Å². The van der Waals surface area contributed by atoms with Crippen LogP contribution in [0.3, 0.4) is 0 Å². The van der Waals surface area contributed by atoms with Gasteiger partial charge in [0.05, 0.1) is 11.6 Å². The van der Waals surface area contributed by atoms with Crippen LogP contribution in [0.15, 0.2) is 77.0 Å². The third-order valence-corrected chi connectivity index (χ3v) is 7.50. The fraction of sp³-hybridized carbons (Fsp3) is 0.233. The number of allylic oxidation sites excluding steroid dienone is 1. The zero-order chi connectivity index (χ0) is 24.8. The van der Waals surface area contributed by atoms with Crippen LogP contribution in [0, 0.1) is 13.8 Å². The molecule has 0 radical (unpaired) electrons. The Morgan fingerprint density at radius 2 is 1.58 bits per heavy atom. The molecule has 0 saturated carbocycles. The summed E-state index contributed by atoms with van der Waals surface area (Å²) in [5.74, 6) is 1.07. The van der Waals surface area contributed by atoms with Crippen molar-refractivity contribution in [2.75, 3.05) is 4.90 Å². The Morgan fingerprint density at radius 1 is 0.889 bits per heavy atom. The van der Waals surface area contributed by atoms with Crippen molar-refractivity contribution in [2.45, 2.75) is 46.1 Å². The standard InChI is InChI=1S/C30H28N4OS/c1-18-7-11-22(12-8-18)27-26(29-32-28(33-35-29)23-13-9-19(2)10-14-23)20(3)34(30(36)31-27)25-16-15-21-5-4-6-24(21)17-25/h7-17,27H,4-6H2,1-3H3,(H,31,36). The summed E-state index contributed by atoms with van der Waals surface area (Å²) in [6.45, 7) is 6.24. The predicted octanol–water partition coefficient (Wildman–Crippen LogP) is 6.71. The van der Waals surface area contributed by atoms with Crippen molar-refractivity contribution >= 4 is 28.6 Å². The number of anilines is 1. The number of aryl methyl sites for hydroxylation is 4. The van der Waals surface area contributed by atoms with Crippen molar-refractivity contribution in [3.63, 3.8) is 0 Å². The highest BCUT2D eigenvalue weighted by Gasteiger charge is 2.35. The lowest BCUT2D eigenvalue weighted by Crippen LogP contribution is -2.46. The highest BCUT2D eigenvalue weighted by molar-refractivity contribution is 7.80. The van der Waals surface area contributed by atoms with Crippen molar-refractivity contribution < 1.29 is 4.52 Å². The first-order valence-corrected chi connectivity index (χ1v) is 12.8. The highest BCUT2D eigenvalue weighted by Crippen LogP contribution is 2.40. The summed E-state index contributed by atoms with van der Waals surface area (Å²) in [5.41, 5.74) is 10.2. The summed E-state index contributed by atoms with van der Waals surface area (Å²) < 4.78 is 5.90. The van der Waals surface area contributed by atoms with Crippen LogP contribution < -0.4 is 10.2 Å². The van der Waals surface area contributed by atoms with E-state index in [1.54, 1.807) is 0 Å². The van der Waals surface area contributed by atoms with E-state index in [2.05, 4.69) is 90.7 Å². The van der Waals surface area contributed by atoms with Crippen molar-refractivity contribution in [1.29, 1.82) is 0 Å². The number of thiocarbonyl (C=S) groups is 1. The van der Waals surface area contributed by atoms with Gasteiger partial charge in [-0.3, -0.25) is 4.90 Å². The number of hydrogen-bond donors (Lipinski definition) is 1. The smallest absolute Gasteiger partial charge is 0.258 e. The zero-order valence-electron chi connectivity index (χ0n) is 20.7. The van der Waals surface area contributed by atoms with Gasteiger partial charge >= 0.3 is 0 Å². The molecule has 1 unspecified atom stereocenters. The average molecular weight is 493 g/mol. The van der Waals surface area contributed by atoms with Crippen molar-refractivity contribution in [2.24, 2.45) is 0 Å². The molecule has 0 spiro atoms. The van der Waals surface area contributed by atoms with Gasteiger partial charge in [-0.2, -0.15) is 4.98 Å². The minimum absolute atomic E-state index is 0.199. The van der Waals surface area contributed by atoms with Gasteiger partial charge in [-0.15, -0.1) is 0 Å². The molecule has 0 saturated heterocycles. The van der Waals surface area contributed by atoms with Gasteiger partial charge in [0.2, 0.25) is 5.82 Å². The Kier molecular flexibility index (Phi) is 5.69. The monoisotopic (exact) mass is 492 g/mol. The maximum atomic E-state index is 5.93. The molecular formula is C30H28N4OS. The Morgan fingerprint density at radius 3 is 2.33 bits per heavy atom. The quantitative estimate of drug-likeness (QED) is 0.320. The van der Waals surface area contributed by atoms with E-state index in [1.807, 2.05) is 12.1 Å². The average Bonchev–Trinajstić information content (AvgIpc) is 3.54. The van der Waals surface area contributed by atoms with Crippen LogP contribution in [0.5, 0.6) is 0 Å². The fourth-order valence-corrected chi connectivity index (χ4v) is 5.55. The third-order valence-electron chi connectivity index (χ3n) is 7.20. The first-order valence-electron chi connectivity index (χ1n) is 12.4. The van der Waals surface area contributed by atoms with Crippen LogP contribution in [-0.2, 0) is 12.8 Å². The Balaban J connectivity index is 1.48. The molecule has 180 valence electrons. The van der Waals surface area contributed by atoms with Crippen molar-refractivity contribution in [1.82, 2.24) is 15.5 Å². The lowest BCUT2D eigenvalue weighted by molar-refractivity contribution is 0.404. The molecular weight excluding hydrogens is 464 g/mol. The van der Waals surface area contributed by atoms with Gasteiger partial charge in [-0.05, 0) is 81.1 Å². The maximum absolute atomic E-state index is 5.93. The molecule has 1 aliphatic carbocycles. The van der Waals surface area contributed by atoms with Crippen LogP contribution in [0.1, 0.15) is 53.1 Å². The SMILES string of the molecule is CC1=C(c2nc(-c3ccc(C)cc3)no2)C(c2ccc(C)cc2)NC(=S)N1c1ccc2c(c1)CCC2. The summed E-state index contributed by atoms with van der Waals surface area (Å²) in [6.07, 6.45) is 3.47. The molecule has 5 nitrogen and oxygen atoms in total. The minimum Gasteiger partial charge on any atom is -0.351 e. The normalized spacial score (nSPS) is 17.4. The molecule has 6 rings (SSSR count). The number of fused-ring (bicyclic) bond motifs is 1. The van der Waals surface area contributed by atoms with Gasteiger partial charge in [-0.1, -0.05) is 70.9 Å². The first-order chi connectivity index (χ1) is 17.5. The van der Waals surface area contributed by atoms with E-state index in [-0.39, 0.29) is 6.04 Å². The number of nitrogens with zero attached hydrogens (tertiary/aromatic N) is 3. The van der Waals surface area contributed by atoms with E-state index in [0.29, 0.717) is 16.8 Å². The van der Waals surface area contributed by atoms with Crippen LogP contribution >= 0.6 is 12.2 Å². The topological polar surface area (TPSA) is 54.2 Å². The molecule has 1 aliphatic heterocycles. The van der Waals surface area contributed by atoms with Gasteiger partial charge in [0.1, 0.15) is 0 Å². The molecule has 36 heavy (non-hydrogen) atoms. The summed E-state index contributed by atoms with van der Waals surface area (Å²) >= 11 is 5.93. The molecule has 2 aliphatic rings. The lowest BCUT2D eigenvalue weighted by Gasteiger charge is -2.37. The molecule has 6 heteroatoms. The van der Waals surface area contributed by atoms with Crippen LogP contribution in [-0.4, -0.2) is 15.3 Å². The second-order valence-electron chi connectivity index (χ2n) is 9.72. The van der Waals surface area contributed by atoms with Gasteiger partial charge in [0, 0.05) is 16.9 Å². The first kappa shape index (κ1) is 22.7. The summed E-state index contributed by atoms with van der Waals surface area (Å²) in [7, 11) is 0. The zero-order valence-corrected chi connectivity index (χ0v) is 21.5. The molecule has 1 atom stereocenters. The summed E-state index contributed by atoms with van der Waals surface area (Å²) in [5, 5.41) is 8.57. The predicted molar refractivity (Wildman–Crippen MR) is 148 cm³/mol. The van der Waals surface area contributed by atoms with E-state index in [9.17, 15) is 0 Å². The van der Waals surface area contributed by atoms with E-state index in [4.69, 9.17) is 21.7 Å². The number of benzene rings is 3. The third kappa shape index (κ3) is 4.01. The Labute approximate surface area is 216 Å². The van der Waals surface area contributed by atoms with Gasteiger partial charge in [-0.25, -0.2) is 0 Å². The van der Waals surface area contributed by atoms with Crippen LogP contribution in [0.4, 0.5) is 5.69 Å². The molecule has 1 N–H and O–H groups in total. The Hall–Kier alpha value is -3.77. The lowest BCUT2D eigenvalue weighted by atomic mass is 9.94. The summed E-state index contributed by atoms with van der Waals surface area (Å²) in [6, 6.07) is 23.1. The van der Waals surface area contributed by atoms with Gasteiger partial charge in [0.25, 0.3) is 5.89 Å². The number of nitrogens with one attached hydrogen (secondary N) is 1. The van der Waals surface area contributed by atoms with E-state index in [1.165, 1.54) is 28.7 Å². The number of aromatic nitrogens is 2. The fourth-order valence-electron chi connectivity index (χ4n) is 5.19. The summed E-state index contributed by atoms with van der Waals surface area (Å²) in [4.78, 5) is 6.94. The molecule has 4 aromatic rings. The number of hydrogen-bond acceptors (Lipinski definition) is 4. The molecule has 0 amide bonds. The van der Waals surface area contributed by atoms with E-state index >= 15 is 0 Å². The largest absolute Gasteiger partial charge is 0.351 e. The van der Waals surface area contributed by atoms with Crippen molar-refractivity contribution in [3.8, 4) is 11.4 Å². The maximum Gasteiger partial charge on any atom is 0.258 e. The highest BCUT2D eigenvalue weighted by atomic mass is 32.1.